The number of ether oxygens (including phenoxy) is 1. The monoisotopic (exact) mass is 531 g/mol. The number of amides is 1. The maximum Gasteiger partial charge on any atom is 0.243 e. The van der Waals surface area contributed by atoms with E-state index in [0.717, 1.165) is 38.2 Å². The zero-order valence-electron chi connectivity index (χ0n) is 18.8. The lowest BCUT2D eigenvalue weighted by Gasteiger charge is -2.30. The minimum Gasteiger partial charge on any atom is -0.496 e. The fourth-order valence-electron chi connectivity index (χ4n) is 3.47. The van der Waals surface area contributed by atoms with Crippen LogP contribution in [0.1, 0.15) is 44.2 Å². The van der Waals surface area contributed by atoms with Gasteiger partial charge >= 0.3 is 0 Å². The lowest BCUT2D eigenvalue weighted by molar-refractivity contribution is -0.127. The highest BCUT2D eigenvalue weighted by atomic mass is 127. The SMILES string of the molecule is CCCCNC(=NCC(=O)N(C)C)NCC(c1ccccc1OC)N1CCCC1.I. The molecule has 0 aliphatic carbocycles. The molecule has 8 heteroatoms. The largest absolute Gasteiger partial charge is 0.496 e. The maximum absolute atomic E-state index is 12.0. The topological polar surface area (TPSA) is 69.2 Å². The van der Waals surface area contributed by atoms with E-state index in [1.54, 1.807) is 26.1 Å². The van der Waals surface area contributed by atoms with Gasteiger partial charge in [0.2, 0.25) is 5.91 Å². The minimum atomic E-state index is -0.0117. The van der Waals surface area contributed by atoms with Crippen molar-refractivity contribution in [1.29, 1.82) is 0 Å². The number of nitrogens with zero attached hydrogens (tertiary/aromatic N) is 3. The first-order chi connectivity index (χ1) is 14.1. The van der Waals surface area contributed by atoms with Gasteiger partial charge in [-0.05, 0) is 38.4 Å². The molecule has 0 aromatic heterocycles. The van der Waals surface area contributed by atoms with Crippen molar-refractivity contribution in [2.45, 2.75) is 38.6 Å². The maximum atomic E-state index is 12.0. The molecule has 1 aliphatic heterocycles. The number of likely N-dealkylation sites (tertiary alicyclic amines) is 1. The number of para-hydroxylation sites is 1. The van der Waals surface area contributed by atoms with E-state index in [-0.39, 0.29) is 42.5 Å². The number of likely N-dealkylation sites (N-methyl/N-ethyl adjacent to an activating group) is 1. The molecule has 170 valence electrons. The Bertz CT molecular complexity index is 663. The standard InChI is InChI=1S/C22H37N5O2.HI/c1-5-6-13-23-22(25-17-21(28)26(2)3)24-16-19(27-14-9-10-15-27)18-11-7-8-12-20(18)29-4;/h7-8,11-12,19H,5-6,9-10,13-17H2,1-4H3,(H2,23,24,25);1H. The Morgan fingerprint density at radius 2 is 1.93 bits per heavy atom. The van der Waals surface area contributed by atoms with Crippen LogP contribution in [0.2, 0.25) is 0 Å². The van der Waals surface area contributed by atoms with E-state index >= 15 is 0 Å². The highest BCUT2D eigenvalue weighted by Crippen LogP contribution is 2.31. The summed E-state index contributed by atoms with van der Waals surface area (Å²) in [6, 6.07) is 8.41. The Kier molecular flexibility index (Phi) is 12.8. The Balaban J connectivity index is 0.00000450. The van der Waals surface area contributed by atoms with Crippen LogP contribution in [0.4, 0.5) is 0 Å². The van der Waals surface area contributed by atoms with Crippen LogP contribution in [0.15, 0.2) is 29.3 Å². The molecule has 1 unspecified atom stereocenters. The molecule has 0 saturated carbocycles. The van der Waals surface area contributed by atoms with Crippen LogP contribution in [-0.2, 0) is 4.79 Å². The van der Waals surface area contributed by atoms with E-state index in [4.69, 9.17) is 4.74 Å². The van der Waals surface area contributed by atoms with E-state index in [9.17, 15) is 4.79 Å². The third kappa shape index (κ3) is 8.29. The van der Waals surface area contributed by atoms with Crippen LogP contribution < -0.4 is 15.4 Å². The molecule has 2 N–H and O–H groups in total. The molecule has 1 amide bonds. The first-order valence-electron chi connectivity index (χ1n) is 10.7. The van der Waals surface area contributed by atoms with Gasteiger partial charge in [0.15, 0.2) is 5.96 Å². The number of hydrogen-bond acceptors (Lipinski definition) is 4. The number of guanidine groups is 1. The molecule has 30 heavy (non-hydrogen) atoms. The average molecular weight is 531 g/mol. The van der Waals surface area contributed by atoms with Crippen molar-refractivity contribution in [3.63, 3.8) is 0 Å². The Morgan fingerprint density at radius 1 is 1.23 bits per heavy atom. The molecule has 1 aromatic rings. The number of aliphatic imine (C=N–C) groups is 1. The highest BCUT2D eigenvalue weighted by molar-refractivity contribution is 14.0. The van der Waals surface area contributed by atoms with E-state index in [1.165, 1.54) is 18.4 Å². The van der Waals surface area contributed by atoms with Gasteiger partial charge in [0.25, 0.3) is 0 Å². The Morgan fingerprint density at radius 3 is 2.57 bits per heavy atom. The Hall–Kier alpha value is -1.55. The van der Waals surface area contributed by atoms with Crippen molar-refractivity contribution in [3.8, 4) is 5.75 Å². The van der Waals surface area contributed by atoms with Crippen LogP contribution in [0.25, 0.3) is 0 Å². The van der Waals surface area contributed by atoms with E-state index in [0.29, 0.717) is 12.5 Å². The predicted octanol–water partition coefficient (Wildman–Crippen LogP) is 2.87. The van der Waals surface area contributed by atoms with Crippen LogP contribution in [0, 0.1) is 0 Å². The predicted molar refractivity (Wildman–Crippen MR) is 134 cm³/mol. The van der Waals surface area contributed by atoms with Gasteiger partial charge in [0.1, 0.15) is 12.3 Å². The second-order valence-electron chi connectivity index (χ2n) is 7.62. The molecule has 0 radical (unpaired) electrons. The number of rotatable bonds is 10. The first-order valence-corrected chi connectivity index (χ1v) is 10.7. The third-order valence-electron chi connectivity index (χ3n) is 5.24. The fourth-order valence-corrected chi connectivity index (χ4v) is 3.47. The smallest absolute Gasteiger partial charge is 0.243 e. The lowest BCUT2D eigenvalue weighted by atomic mass is 10.0. The molecule has 7 nitrogen and oxygen atoms in total. The Labute approximate surface area is 198 Å². The number of benzene rings is 1. The van der Waals surface area contributed by atoms with Gasteiger partial charge in [-0.3, -0.25) is 9.69 Å². The minimum absolute atomic E-state index is 0. The van der Waals surface area contributed by atoms with Crippen LogP contribution in [0.3, 0.4) is 0 Å². The summed E-state index contributed by atoms with van der Waals surface area (Å²) >= 11 is 0. The van der Waals surface area contributed by atoms with Gasteiger partial charge in [-0.2, -0.15) is 0 Å². The molecule has 1 atom stereocenters. The second kappa shape index (κ2) is 14.5. The van der Waals surface area contributed by atoms with Crippen LogP contribution in [0.5, 0.6) is 5.75 Å². The number of carbonyl (C=O) groups is 1. The summed E-state index contributed by atoms with van der Waals surface area (Å²) in [6.07, 6.45) is 4.61. The molecule has 1 saturated heterocycles. The number of halogens is 1. The lowest BCUT2D eigenvalue weighted by Crippen LogP contribution is -2.43. The van der Waals surface area contributed by atoms with Crippen LogP contribution in [-0.4, -0.2) is 75.6 Å². The van der Waals surface area contributed by atoms with Gasteiger partial charge in [0, 0.05) is 32.7 Å². The summed E-state index contributed by atoms with van der Waals surface area (Å²) in [7, 11) is 5.22. The second-order valence-corrected chi connectivity index (χ2v) is 7.62. The zero-order valence-corrected chi connectivity index (χ0v) is 21.1. The van der Waals surface area contributed by atoms with Crippen molar-refractivity contribution < 1.29 is 9.53 Å². The van der Waals surface area contributed by atoms with E-state index in [2.05, 4.69) is 39.6 Å². The van der Waals surface area contributed by atoms with Gasteiger partial charge in [0.05, 0.1) is 13.2 Å². The van der Waals surface area contributed by atoms with Gasteiger partial charge in [-0.1, -0.05) is 31.5 Å². The number of carbonyl (C=O) groups excluding carboxylic acids is 1. The molecular weight excluding hydrogens is 493 g/mol. The third-order valence-corrected chi connectivity index (χ3v) is 5.24. The number of nitrogens with one attached hydrogen (secondary N) is 2. The van der Waals surface area contributed by atoms with Gasteiger partial charge in [-0.25, -0.2) is 4.99 Å². The summed E-state index contributed by atoms with van der Waals surface area (Å²) < 4.78 is 5.63. The molecular formula is C22H38IN5O2. The number of hydrogen-bond donors (Lipinski definition) is 2. The summed E-state index contributed by atoms with van der Waals surface area (Å²) in [5, 5.41) is 6.83. The molecule has 0 bridgehead atoms. The molecule has 0 spiro atoms. The van der Waals surface area contributed by atoms with Crippen molar-refractivity contribution in [2.24, 2.45) is 4.99 Å². The van der Waals surface area contributed by atoms with Gasteiger partial charge in [-0.15, -0.1) is 24.0 Å². The summed E-state index contributed by atoms with van der Waals surface area (Å²) in [6.45, 7) is 6.00. The van der Waals surface area contributed by atoms with Crippen molar-refractivity contribution >= 4 is 35.8 Å². The molecule has 1 fully saturated rings. The number of unbranched alkanes of at least 4 members (excludes halogenated alkanes) is 1. The molecule has 1 aromatic carbocycles. The molecule has 1 heterocycles. The van der Waals surface area contributed by atoms with Crippen LogP contribution >= 0.6 is 24.0 Å². The van der Waals surface area contributed by atoms with Crippen molar-refractivity contribution in [1.82, 2.24) is 20.4 Å². The van der Waals surface area contributed by atoms with Gasteiger partial charge < -0.3 is 20.3 Å². The average Bonchev–Trinajstić information content (AvgIpc) is 3.26. The quantitative estimate of drug-likeness (QED) is 0.210. The summed E-state index contributed by atoms with van der Waals surface area (Å²) in [5.74, 6) is 1.58. The summed E-state index contributed by atoms with van der Waals surface area (Å²) in [4.78, 5) is 20.5. The molecule has 1 aliphatic rings. The fraction of sp³-hybridized carbons (Fsp3) is 0.636. The van der Waals surface area contributed by atoms with E-state index < -0.39 is 0 Å². The molecule has 2 rings (SSSR count). The zero-order chi connectivity index (χ0) is 21.1. The van der Waals surface area contributed by atoms with E-state index in [1.807, 2.05) is 12.1 Å². The summed E-state index contributed by atoms with van der Waals surface area (Å²) in [5.41, 5.74) is 1.18. The normalized spacial score (nSPS) is 15.3. The van der Waals surface area contributed by atoms with Crippen molar-refractivity contribution in [3.05, 3.63) is 29.8 Å². The number of methoxy groups -OCH3 is 1. The highest BCUT2D eigenvalue weighted by Gasteiger charge is 2.26. The first kappa shape index (κ1) is 26.5. The van der Waals surface area contributed by atoms with Crippen molar-refractivity contribution in [2.75, 3.05) is 53.9 Å².